The number of nitrogens with zero attached hydrogens (tertiary/aromatic N) is 1. The lowest BCUT2D eigenvalue weighted by Gasteiger charge is -2.50. The number of carbonyl (C=O) groups excluding carboxylic acids is 3. The summed E-state index contributed by atoms with van der Waals surface area (Å²) in [5, 5.41) is 0. The number of carbonyl (C=O) groups is 3. The summed E-state index contributed by atoms with van der Waals surface area (Å²) < 4.78 is 53.0. The zero-order valence-corrected chi connectivity index (χ0v) is 41.6. The molecule has 12 atom stereocenters. The fourth-order valence-electron chi connectivity index (χ4n) is 8.27. The van der Waals surface area contributed by atoms with Crippen LogP contribution in [-0.2, 0) is 51.3 Å². The average molecular weight is 846 g/mol. The Morgan fingerprint density at radius 1 is 0.911 bits per heavy atom. The number of cyclic esters (lactones) is 1. The van der Waals surface area contributed by atoms with Crippen molar-refractivity contribution in [2.24, 2.45) is 17.8 Å². The van der Waals surface area contributed by atoms with E-state index in [9.17, 15) is 14.4 Å². The number of hydrogen-bond donors (Lipinski definition) is 0. The number of hydrogen-bond acceptors (Lipinski definition) is 12. The number of methoxy groups -OCH3 is 1. The van der Waals surface area contributed by atoms with Crippen molar-refractivity contribution in [2.45, 2.75) is 188 Å². The van der Waals surface area contributed by atoms with Gasteiger partial charge in [-0.2, -0.15) is 0 Å². The van der Waals surface area contributed by atoms with Gasteiger partial charge in [0, 0.05) is 37.5 Å². The van der Waals surface area contributed by atoms with Gasteiger partial charge in [0.05, 0.1) is 29.8 Å². The van der Waals surface area contributed by atoms with E-state index in [0.29, 0.717) is 6.42 Å². The molecule has 1 fully saturated rings. The predicted octanol–water partition coefficient (Wildman–Crippen LogP) is 7.58. The zero-order valence-electron chi connectivity index (χ0n) is 38.6. The van der Waals surface area contributed by atoms with E-state index >= 15 is 0 Å². The SMILES string of the molecule is CC[C@H]1OC(=O)[C@H](C)[C@@H](O[Si](C)(C)C)[C@H](C)[C@@H](OC2O[C@H](C)C[C@H](N(C)C)[C@H]2O[Si](C)(C)C)[C@](C)(OC)C[C@@H](C)C(=O)/C(COC(C)=O)=C\[C@]1(C)O[Si](C)(C)C. The third kappa shape index (κ3) is 14.5. The molecule has 0 spiro atoms. The van der Waals surface area contributed by atoms with Crippen molar-refractivity contribution in [2.75, 3.05) is 27.8 Å². The van der Waals surface area contributed by atoms with Gasteiger partial charge in [-0.1, -0.05) is 20.8 Å². The zero-order chi connectivity index (χ0) is 43.4. The molecule has 2 aliphatic rings. The average Bonchev–Trinajstić information content (AvgIpc) is 3.04. The molecule has 0 aromatic heterocycles. The molecule has 326 valence electrons. The Labute approximate surface area is 342 Å². The van der Waals surface area contributed by atoms with Crippen LogP contribution in [0.4, 0.5) is 0 Å². The Bertz CT molecular complexity index is 1360. The summed E-state index contributed by atoms with van der Waals surface area (Å²) >= 11 is 0. The van der Waals surface area contributed by atoms with E-state index in [1.165, 1.54) is 6.92 Å². The van der Waals surface area contributed by atoms with Crippen molar-refractivity contribution < 1.29 is 51.3 Å². The van der Waals surface area contributed by atoms with Crippen molar-refractivity contribution in [3.05, 3.63) is 11.6 Å². The fourth-order valence-corrected chi connectivity index (χ4v) is 12.1. The largest absolute Gasteiger partial charge is 0.461 e. The summed E-state index contributed by atoms with van der Waals surface area (Å²) in [6.45, 7) is 33.5. The van der Waals surface area contributed by atoms with E-state index in [1.807, 2.05) is 82.2 Å². The number of likely N-dealkylation sites (N-methyl/N-ethyl adjacent to an activating group) is 1. The van der Waals surface area contributed by atoms with Crippen LogP contribution in [0.15, 0.2) is 11.6 Å². The topological polar surface area (TPSA) is 128 Å². The molecule has 2 rings (SSSR count). The lowest BCUT2D eigenvalue weighted by Crippen LogP contribution is -2.62. The maximum absolute atomic E-state index is 14.7. The Morgan fingerprint density at radius 3 is 1.93 bits per heavy atom. The number of ether oxygens (including phenoxy) is 5. The number of rotatable bonds is 13. The smallest absolute Gasteiger partial charge is 0.311 e. The highest BCUT2D eigenvalue weighted by Crippen LogP contribution is 2.41. The van der Waals surface area contributed by atoms with Crippen LogP contribution in [-0.4, -0.2) is 129 Å². The van der Waals surface area contributed by atoms with Gasteiger partial charge in [-0.25, -0.2) is 0 Å². The Kier molecular flexibility index (Phi) is 18.0. The van der Waals surface area contributed by atoms with Crippen molar-refractivity contribution >= 4 is 42.7 Å². The highest BCUT2D eigenvalue weighted by Gasteiger charge is 2.52. The van der Waals surface area contributed by atoms with Gasteiger partial charge in [0.1, 0.15) is 24.4 Å². The van der Waals surface area contributed by atoms with Crippen LogP contribution in [0, 0.1) is 17.8 Å². The van der Waals surface area contributed by atoms with Crippen LogP contribution in [0.25, 0.3) is 0 Å². The molecule has 0 aliphatic carbocycles. The molecule has 0 amide bonds. The molecule has 0 saturated carbocycles. The molecule has 0 radical (unpaired) electrons. The summed E-state index contributed by atoms with van der Waals surface area (Å²) in [7, 11) is -1.03. The van der Waals surface area contributed by atoms with Gasteiger partial charge in [0.15, 0.2) is 37.0 Å². The summed E-state index contributed by atoms with van der Waals surface area (Å²) in [5.41, 5.74) is -2.05. The van der Waals surface area contributed by atoms with E-state index in [2.05, 4.69) is 44.2 Å². The van der Waals surface area contributed by atoms with Gasteiger partial charge in [-0.05, 0) is 126 Å². The molecule has 2 aliphatic heterocycles. The molecule has 0 aromatic carbocycles. The highest BCUT2D eigenvalue weighted by atomic mass is 28.4. The van der Waals surface area contributed by atoms with Crippen LogP contribution in [0.2, 0.25) is 58.9 Å². The van der Waals surface area contributed by atoms with Crippen molar-refractivity contribution in [3.8, 4) is 0 Å². The maximum Gasteiger partial charge on any atom is 0.311 e. The number of esters is 2. The number of ketones is 1. The third-order valence-electron chi connectivity index (χ3n) is 10.6. The summed E-state index contributed by atoms with van der Waals surface area (Å²) in [4.78, 5) is 43.6. The minimum absolute atomic E-state index is 0.00848. The molecule has 1 saturated heterocycles. The molecule has 0 bridgehead atoms. The van der Waals surface area contributed by atoms with Gasteiger partial charge in [-0.3, -0.25) is 14.4 Å². The van der Waals surface area contributed by atoms with Gasteiger partial charge >= 0.3 is 11.9 Å². The van der Waals surface area contributed by atoms with E-state index in [4.69, 9.17) is 37.0 Å². The Balaban J connectivity index is 2.99. The Hall–Kier alpha value is -1.28. The predicted molar refractivity (Wildman–Crippen MR) is 228 cm³/mol. The third-order valence-corrected chi connectivity index (χ3v) is 13.6. The second-order valence-corrected chi connectivity index (χ2v) is 33.2. The van der Waals surface area contributed by atoms with Gasteiger partial charge in [0.2, 0.25) is 0 Å². The molecule has 1 unspecified atom stereocenters. The van der Waals surface area contributed by atoms with Crippen molar-refractivity contribution in [3.63, 3.8) is 0 Å². The van der Waals surface area contributed by atoms with Gasteiger partial charge in [0.25, 0.3) is 0 Å². The van der Waals surface area contributed by atoms with E-state index < -0.39 is 96.6 Å². The minimum atomic E-state index is -2.32. The second-order valence-electron chi connectivity index (χ2n) is 19.8. The highest BCUT2D eigenvalue weighted by molar-refractivity contribution is 6.70. The van der Waals surface area contributed by atoms with E-state index in [1.54, 1.807) is 13.2 Å². The van der Waals surface area contributed by atoms with Gasteiger partial charge in [-0.15, -0.1) is 0 Å². The molecule has 15 heteroatoms. The molecule has 2 heterocycles. The van der Waals surface area contributed by atoms with Crippen LogP contribution in [0.1, 0.15) is 74.7 Å². The summed E-state index contributed by atoms with van der Waals surface area (Å²) in [6, 6.07) is 0.00848. The molecule has 12 nitrogen and oxygen atoms in total. The Morgan fingerprint density at radius 2 is 1.46 bits per heavy atom. The quantitative estimate of drug-likeness (QED) is 0.134. The maximum atomic E-state index is 14.7. The first kappa shape index (κ1) is 50.9. The lowest BCUT2D eigenvalue weighted by atomic mass is 9.76. The molecular weight excluding hydrogens is 767 g/mol. The fraction of sp³-hybridized carbons (Fsp3) is 0.878. The number of Topliss-reactive ketones (excluding diaryl/α,β-unsaturated/α-hetero) is 1. The summed E-state index contributed by atoms with van der Waals surface area (Å²) in [5.74, 6) is -3.01. The van der Waals surface area contributed by atoms with Crippen LogP contribution in [0.5, 0.6) is 0 Å². The molecule has 56 heavy (non-hydrogen) atoms. The van der Waals surface area contributed by atoms with Crippen molar-refractivity contribution in [1.29, 1.82) is 0 Å². The standard InChI is InChI=1S/C41H79NO11Si3/c1-21-33-40(7,53-56(18,19)20)24-31(25-47-30(6)43)34(44)26(2)23-41(8,46-11)37(28(4)35(51-54(12,13)14)29(5)38(45)49-33)50-39-36(52-55(15,16)17)32(42(9)10)22-27(3)48-39/h24,26-29,32-33,35-37,39H,21-23,25H2,1-20H3/b31-24-/t26-,27-,28+,29-,32+,33-,35+,36-,37-,39?,40+,41-/m1/s1. The van der Waals surface area contributed by atoms with Crippen LogP contribution >= 0.6 is 0 Å². The van der Waals surface area contributed by atoms with Crippen LogP contribution in [0.3, 0.4) is 0 Å². The molecule has 0 aromatic rings. The normalized spacial score (nSPS) is 37.1. The van der Waals surface area contributed by atoms with Crippen molar-refractivity contribution in [1.82, 2.24) is 4.90 Å². The molecular formula is C41H79NO11Si3. The van der Waals surface area contributed by atoms with Crippen LogP contribution < -0.4 is 0 Å². The molecule has 0 N–H and O–H groups in total. The first-order valence-electron chi connectivity index (χ1n) is 20.5. The minimum Gasteiger partial charge on any atom is -0.461 e. The first-order valence-corrected chi connectivity index (χ1v) is 30.8. The first-order chi connectivity index (χ1) is 25.4. The monoisotopic (exact) mass is 845 g/mol. The lowest BCUT2D eigenvalue weighted by molar-refractivity contribution is -0.298. The van der Waals surface area contributed by atoms with E-state index in [0.717, 1.165) is 6.42 Å². The van der Waals surface area contributed by atoms with E-state index in [-0.39, 0.29) is 36.5 Å². The summed E-state index contributed by atoms with van der Waals surface area (Å²) in [6.07, 6.45) is -0.385. The van der Waals surface area contributed by atoms with Gasteiger partial charge < -0.3 is 41.9 Å². The second kappa shape index (κ2) is 19.9.